The van der Waals surface area contributed by atoms with Gasteiger partial charge in [0.25, 0.3) is 0 Å². The number of benzene rings is 5. The van der Waals surface area contributed by atoms with Gasteiger partial charge in [0.2, 0.25) is 0 Å². The molecule has 2 heterocycles. The molecule has 158 valence electrons. The van der Waals surface area contributed by atoms with Crippen LogP contribution in [0.2, 0.25) is 0 Å². The number of hydrogen-bond acceptors (Lipinski definition) is 2. The number of nitrogens with zero attached hydrogens (tertiary/aromatic N) is 2. The Balaban J connectivity index is 1.56. The van der Waals surface area contributed by atoms with E-state index < -0.39 is 0 Å². The third-order valence-electron chi connectivity index (χ3n) is 6.65. The topological polar surface area (TPSA) is 41.9 Å². The van der Waals surface area contributed by atoms with Crippen LogP contribution in [-0.2, 0) is 0 Å². The lowest BCUT2D eigenvalue weighted by Crippen LogP contribution is -1.97. The summed E-state index contributed by atoms with van der Waals surface area (Å²) in [5.41, 5.74) is 7.92. The van der Waals surface area contributed by atoms with Gasteiger partial charge in [0.15, 0.2) is 0 Å². The van der Waals surface area contributed by atoms with E-state index in [0.29, 0.717) is 5.56 Å². The van der Waals surface area contributed by atoms with Crippen LogP contribution in [0.15, 0.2) is 114 Å². The van der Waals surface area contributed by atoms with E-state index in [1.54, 1.807) is 0 Å². The third kappa shape index (κ3) is 2.57. The maximum Gasteiger partial charge on any atom is 0.135 e. The van der Waals surface area contributed by atoms with Crippen molar-refractivity contribution in [2.75, 3.05) is 0 Å². The Labute approximate surface area is 195 Å². The minimum atomic E-state index is 0.691. The quantitative estimate of drug-likeness (QED) is 0.275. The van der Waals surface area contributed by atoms with Gasteiger partial charge in [-0.05, 0) is 48.0 Å². The Bertz CT molecular complexity index is 1930. The van der Waals surface area contributed by atoms with Gasteiger partial charge in [-0.15, -0.1) is 0 Å². The first-order valence-corrected chi connectivity index (χ1v) is 11.3. The van der Waals surface area contributed by atoms with Gasteiger partial charge in [-0.3, -0.25) is 0 Å². The van der Waals surface area contributed by atoms with E-state index in [2.05, 4.69) is 83.4 Å². The van der Waals surface area contributed by atoms with Crippen LogP contribution in [0, 0.1) is 11.3 Å². The van der Waals surface area contributed by atoms with Crippen LogP contribution in [0.1, 0.15) is 5.56 Å². The van der Waals surface area contributed by atoms with Gasteiger partial charge in [0.1, 0.15) is 11.2 Å². The first kappa shape index (κ1) is 18.7. The maximum absolute atomic E-state index is 9.81. The van der Waals surface area contributed by atoms with Crippen molar-refractivity contribution in [2.45, 2.75) is 0 Å². The average Bonchev–Trinajstić information content (AvgIpc) is 3.44. The van der Waals surface area contributed by atoms with Crippen molar-refractivity contribution in [3.05, 3.63) is 115 Å². The molecule has 5 aromatic carbocycles. The van der Waals surface area contributed by atoms with Crippen LogP contribution >= 0.6 is 0 Å². The summed E-state index contributed by atoms with van der Waals surface area (Å²) in [4.78, 5) is 0. The summed E-state index contributed by atoms with van der Waals surface area (Å²) in [7, 11) is 0. The summed E-state index contributed by atoms with van der Waals surface area (Å²) < 4.78 is 8.33. The van der Waals surface area contributed by atoms with E-state index in [-0.39, 0.29) is 0 Å². The fourth-order valence-corrected chi connectivity index (χ4v) is 5.18. The third-order valence-corrected chi connectivity index (χ3v) is 6.65. The molecule has 0 aliphatic carbocycles. The SMILES string of the molecule is N#Cc1cccc2c1c1ccccc1n2-c1ccccc1-c1ccc2oc3ccccc3c2c1. The zero-order valence-corrected chi connectivity index (χ0v) is 18.2. The second kappa shape index (κ2) is 7.10. The van der Waals surface area contributed by atoms with Crippen LogP contribution in [0.3, 0.4) is 0 Å². The van der Waals surface area contributed by atoms with Gasteiger partial charge in [0.05, 0.1) is 28.4 Å². The van der Waals surface area contributed by atoms with Gasteiger partial charge >= 0.3 is 0 Å². The van der Waals surface area contributed by atoms with E-state index in [1.807, 2.05) is 36.4 Å². The van der Waals surface area contributed by atoms with Gasteiger partial charge in [0, 0.05) is 27.1 Å². The molecule has 0 fully saturated rings. The first-order chi connectivity index (χ1) is 16.8. The molecule has 0 spiro atoms. The highest BCUT2D eigenvalue weighted by Gasteiger charge is 2.17. The second-order valence-corrected chi connectivity index (χ2v) is 8.49. The van der Waals surface area contributed by atoms with Crippen molar-refractivity contribution in [1.29, 1.82) is 5.26 Å². The summed E-state index contributed by atoms with van der Waals surface area (Å²) in [6.07, 6.45) is 0. The Hall–Kier alpha value is -4.81. The summed E-state index contributed by atoms with van der Waals surface area (Å²) in [5.74, 6) is 0. The predicted octanol–water partition coefficient (Wildman–Crippen LogP) is 8.22. The van der Waals surface area contributed by atoms with Crippen LogP contribution in [0.4, 0.5) is 0 Å². The van der Waals surface area contributed by atoms with Gasteiger partial charge in [-0.1, -0.05) is 66.7 Å². The standard InChI is InChI=1S/C31H18N2O/c32-19-21-8-7-14-28-31(21)24-11-2-5-13-27(24)33(28)26-12-4-1-9-22(26)20-16-17-30-25(18-20)23-10-3-6-15-29(23)34-30/h1-18H. The van der Waals surface area contributed by atoms with Gasteiger partial charge in [-0.2, -0.15) is 5.26 Å². The molecule has 0 aliphatic heterocycles. The molecule has 0 saturated heterocycles. The molecule has 0 amide bonds. The lowest BCUT2D eigenvalue weighted by Gasteiger charge is -2.14. The van der Waals surface area contributed by atoms with Gasteiger partial charge in [-0.25, -0.2) is 0 Å². The molecule has 0 unspecified atom stereocenters. The fourth-order valence-electron chi connectivity index (χ4n) is 5.18. The molecule has 3 heteroatoms. The number of aromatic nitrogens is 1. The van der Waals surface area contributed by atoms with Crippen molar-refractivity contribution >= 4 is 43.7 Å². The van der Waals surface area contributed by atoms with Crippen LogP contribution in [0.5, 0.6) is 0 Å². The number of para-hydroxylation sites is 3. The van der Waals surface area contributed by atoms with E-state index in [0.717, 1.165) is 60.6 Å². The highest BCUT2D eigenvalue weighted by Crippen LogP contribution is 2.39. The number of rotatable bonds is 2. The molecule has 7 rings (SSSR count). The minimum Gasteiger partial charge on any atom is -0.456 e. The van der Waals surface area contributed by atoms with Crippen molar-refractivity contribution < 1.29 is 4.42 Å². The molecule has 0 aliphatic rings. The molecular formula is C31H18N2O. The van der Waals surface area contributed by atoms with Crippen LogP contribution in [-0.4, -0.2) is 4.57 Å². The zero-order chi connectivity index (χ0) is 22.6. The van der Waals surface area contributed by atoms with Crippen LogP contribution < -0.4 is 0 Å². The van der Waals surface area contributed by atoms with E-state index in [1.165, 1.54) is 0 Å². The average molecular weight is 434 g/mol. The Morgan fingerprint density at radius 3 is 2.26 bits per heavy atom. The summed E-state index contributed by atoms with van der Waals surface area (Å²) >= 11 is 0. The molecular weight excluding hydrogens is 416 g/mol. The van der Waals surface area contributed by atoms with Gasteiger partial charge < -0.3 is 8.98 Å². The monoisotopic (exact) mass is 434 g/mol. The normalized spacial score (nSPS) is 11.5. The van der Waals surface area contributed by atoms with Crippen molar-refractivity contribution in [3.63, 3.8) is 0 Å². The molecule has 0 atom stereocenters. The summed E-state index contributed by atoms with van der Waals surface area (Å²) in [6, 6.07) is 39.6. The van der Waals surface area contributed by atoms with Crippen LogP contribution in [0.25, 0.3) is 60.6 Å². The Kier molecular flexibility index (Phi) is 3.91. The second-order valence-electron chi connectivity index (χ2n) is 8.49. The number of furan rings is 1. The summed E-state index contributed by atoms with van der Waals surface area (Å²) in [5, 5.41) is 14.1. The maximum atomic E-state index is 9.81. The van der Waals surface area contributed by atoms with Crippen molar-refractivity contribution in [3.8, 4) is 22.9 Å². The largest absolute Gasteiger partial charge is 0.456 e. The molecule has 0 radical (unpaired) electrons. The lowest BCUT2D eigenvalue weighted by molar-refractivity contribution is 0.669. The Morgan fingerprint density at radius 1 is 0.618 bits per heavy atom. The minimum absolute atomic E-state index is 0.691. The van der Waals surface area contributed by atoms with Crippen molar-refractivity contribution in [2.24, 2.45) is 0 Å². The van der Waals surface area contributed by atoms with Crippen molar-refractivity contribution in [1.82, 2.24) is 4.57 Å². The van der Waals surface area contributed by atoms with E-state index >= 15 is 0 Å². The number of nitriles is 1. The molecule has 0 bridgehead atoms. The van der Waals surface area contributed by atoms with E-state index in [9.17, 15) is 5.26 Å². The smallest absolute Gasteiger partial charge is 0.135 e. The molecule has 7 aromatic rings. The molecule has 2 aromatic heterocycles. The molecule has 0 saturated carbocycles. The fraction of sp³-hybridized carbons (Fsp3) is 0. The lowest BCUT2D eigenvalue weighted by atomic mass is 10.0. The zero-order valence-electron chi connectivity index (χ0n) is 18.2. The number of hydrogen-bond donors (Lipinski definition) is 0. The Morgan fingerprint density at radius 2 is 1.35 bits per heavy atom. The highest BCUT2D eigenvalue weighted by atomic mass is 16.3. The molecule has 34 heavy (non-hydrogen) atoms. The summed E-state index contributed by atoms with van der Waals surface area (Å²) in [6.45, 7) is 0. The molecule has 3 nitrogen and oxygen atoms in total. The van der Waals surface area contributed by atoms with E-state index in [4.69, 9.17) is 4.42 Å². The predicted molar refractivity (Wildman–Crippen MR) is 138 cm³/mol. The number of fused-ring (bicyclic) bond motifs is 6. The first-order valence-electron chi connectivity index (χ1n) is 11.3. The molecule has 0 N–H and O–H groups in total. The highest BCUT2D eigenvalue weighted by molar-refractivity contribution is 6.12.